The van der Waals surface area contributed by atoms with E-state index in [0.717, 1.165) is 29.2 Å². The Hall–Kier alpha value is -2.26. The molecule has 0 radical (unpaired) electrons. The number of halogens is 1. The number of hydrazone groups is 1. The zero-order valence-corrected chi connectivity index (χ0v) is 22.9. The van der Waals surface area contributed by atoms with Gasteiger partial charge >= 0.3 is 0 Å². The second-order valence-electron chi connectivity index (χ2n) is 10.5. The van der Waals surface area contributed by atoms with Gasteiger partial charge in [-0.1, -0.05) is 56.6 Å². The number of ether oxygens (including phenoxy) is 1. The highest BCUT2D eigenvalue weighted by Crippen LogP contribution is 2.37. The number of rotatable bonds is 8. The highest BCUT2D eigenvalue weighted by atomic mass is 35.5. The minimum Gasteiger partial charge on any atom is -0.379 e. The van der Waals surface area contributed by atoms with Gasteiger partial charge in [0.2, 0.25) is 5.91 Å². The first-order valence-electron chi connectivity index (χ1n) is 12.5. The highest BCUT2D eigenvalue weighted by Gasteiger charge is 2.36. The smallest absolute Gasteiger partial charge is 0.262 e. The number of amides is 2. The standard InChI is InChI=1S/C27H35ClN4O3S/c1-27(2,3)18-25(33)31(11-10-30-12-14-35-15-13-30)19-26(34)32-23(20-7-4-5-8-21(20)28)17-22(29-32)24-9-6-16-36-24/h4-9,16,23H,10-15,17-19H2,1-3H3. The van der Waals surface area contributed by atoms with Gasteiger partial charge < -0.3 is 9.64 Å². The van der Waals surface area contributed by atoms with Crippen LogP contribution in [0.2, 0.25) is 5.02 Å². The van der Waals surface area contributed by atoms with Gasteiger partial charge in [0.15, 0.2) is 0 Å². The maximum atomic E-state index is 13.7. The number of nitrogens with zero attached hydrogens (tertiary/aromatic N) is 4. The van der Waals surface area contributed by atoms with Crippen molar-refractivity contribution in [2.75, 3.05) is 45.9 Å². The molecule has 0 N–H and O–H groups in total. The first kappa shape index (κ1) is 26.8. The van der Waals surface area contributed by atoms with Crippen molar-refractivity contribution in [3.8, 4) is 0 Å². The molecule has 0 saturated carbocycles. The van der Waals surface area contributed by atoms with Crippen LogP contribution in [0.1, 0.15) is 50.1 Å². The van der Waals surface area contributed by atoms with Crippen LogP contribution in [-0.2, 0) is 14.3 Å². The van der Waals surface area contributed by atoms with E-state index in [4.69, 9.17) is 21.4 Å². The van der Waals surface area contributed by atoms with Gasteiger partial charge in [-0.25, -0.2) is 5.01 Å². The zero-order chi connectivity index (χ0) is 25.7. The average Bonchev–Trinajstić information content (AvgIpc) is 3.52. The number of carbonyl (C=O) groups excluding carboxylic acids is 2. The van der Waals surface area contributed by atoms with Crippen LogP contribution in [0.3, 0.4) is 0 Å². The molecule has 1 aromatic carbocycles. The lowest BCUT2D eigenvalue weighted by Gasteiger charge is -2.32. The van der Waals surface area contributed by atoms with E-state index in [1.165, 1.54) is 0 Å². The van der Waals surface area contributed by atoms with E-state index < -0.39 is 0 Å². The molecule has 0 bridgehead atoms. The summed E-state index contributed by atoms with van der Waals surface area (Å²) in [6, 6.07) is 11.3. The Kier molecular flexibility index (Phi) is 8.83. The summed E-state index contributed by atoms with van der Waals surface area (Å²) in [5.74, 6) is -0.212. The molecule has 0 aliphatic carbocycles. The fourth-order valence-electron chi connectivity index (χ4n) is 4.50. The summed E-state index contributed by atoms with van der Waals surface area (Å²) >= 11 is 8.15. The van der Waals surface area contributed by atoms with Gasteiger partial charge in [-0.3, -0.25) is 14.5 Å². The summed E-state index contributed by atoms with van der Waals surface area (Å²) in [6.45, 7) is 10.4. The summed E-state index contributed by atoms with van der Waals surface area (Å²) in [7, 11) is 0. The molecule has 0 spiro atoms. The number of carbonyl (C=O) groups is 2. The third-order valence-electron chi connectivity index (χ3n) is 6.39. The van der Waals surface area contributed by atoms with Gasteiger partial charge in [-0.05, 0) is 28.5 Å². The number of morpholine rings is 1. The Morgan fingerprint density at radius 3 is 2.58 bits per heavy atom. The molecular weight excluding hydrogens is 496 g/mol. The molecule has 1 atom stereocenters. The number of thiophene rings is 1. The maximum absolute atomic E-state index is 13.7. The van der Waals surface area contributed by atoms with Crippen molar-refractivity contribution in [3.63, 3.8) is 0 Å². The predicted octanol–water partition coefficient (Wildman–Crippen LogP) is 4.68. The molecule has 194 valence electrons. The molecule has 7 nitrogen and oxygen atoms in total. The van der Waals surface area contributed by atoms with Gasteiger partial charge in [0.05, 0.1) is 29.8 Å². The first-order valence-corrected chi connectivity index (χ1v) is 13.7. The Balaban J connectivity index is 1.55. The molecule has 2 amide bonds. The first-order chi connectivity index (χ1) is 17.2. The number of hydrogen-bond acceptors (Lipinski definition) is 6. The van der Waals surface area contributed by atoms with Crippen molar-refractivity contribution in [1.82, 2.24) is 14.8 Å². The van der Waals surface area contributed by atoms with Crippen LogP contribution in [0, 0.1) is 5.41 Å². The molecule has 1 fully saturated rings. The quantitative estimate of drug-likeness (QED) is 0.497. The number of benzene rings is 1. The molecule has 1 aromatic heterocycles. The molecule has 3 heterocycles. The second kappa shape index (κ2) is 11.9. The van der Waals surface area contributed by atoms with Crippen molar-refractivity contribution in [2.24, 2.45) is 10.5 Å². The molecule has 36 heavy (non-hydrogen) atoms. The van der Waals surface area contributed by atoms with Crippen LogP contribution < -0.4 is 0 Å². The SMILES string of the molecule is CC(C)(C)CC(=O)N(CCN1CCOCC1)CC(=O)N1N=C(c2cccs2)CC1c1ccccc1Cl. The average molecular weight is 531 g/mol. The topological polar surface area (TPSA) is 65.5 Å². The van der Waals surface area contributed by atoms with Crippen molar-refractivity contribution >= 4 is 40.5 Å². The van der Waals surface area contributed by atoms with Crippen LogP contribution in [0.5, 0.6) is 0 Å². The zero-order valence-electron chi connectivity index (χ0n) is 21.3. The van der Waals surface area contributed by atoms with Crippen LogP contribution >= 0.6 is 22.9 Å². The summed E-state index contributed by atoms with van der Waals surface area (Å²) < 4.78 is 5.45. The fraction of sp³-hybridized carbons (Fsp3) is 0.519. The van der Waals surface area contributed by atoms with Crippen LogP contribution in [0.25, 0.3) is 0 Å². The monoisotopic (exact) mass is 530 g/mol. The summed E-state index contributed by atoms with van der Waals surface area (Å²) in [5, 5.41) is 8.91. The van der Waals surface area contributed by atoms with E-state index in [1.54, 1.807) is 21.2 Å². The van der Waals surface area contributed by atoms with E-state index >= 15 is 0 Å². The highest BCUT2D eigenvalue weighted by molar-refractivity contribution is 7.12. The molecule has 2 aliphatic rings. The van der Waals surface area contributed by atoms with Crippen molar-refractivity contribution in [1.29, 1.82) is 0 Å². The lowest BCUT2D eigenvalue weighted by Crippen LogP contribution is -2.47. The minimum atomic E-state index is -0.304. The lowest BCUT2D eigenvalue weighted by atomic mass is 9.91. The van der Waals surface area contributed by atoms with E-state index in [2.05, 4.69) is 4.90 Å². The maximum Gasteiger partial charge on any atom is 0.262 e. The summed E-state index contributed by atoms with van der Waals surface area (Å²) in [6.07, 6.45) is 0.959. The summed E-state index contributed by atoms with van der Waals surface area (Å²) in [4.78, 5) is 32.0. The predicted molar refractivity (Wildman–Crippen MR) is 144 cm³/mol. The van der Waals surface area contributed by atoms with Crippen molar-refractivity contribution in [3.05, 3.63) is 57.2 Å². The Bertz CT molecular complexity index is 1080. The molecule has 1 unspecified atom stereocenters. The Labute approximate surface area is 222 Å². The van der Waals surface area contributed by atoms with Gasteiger partial charge in [-0.2, -0.15) is 5.10 Å². The van der Waals surface area contributed by atoms with Crippen molar-refractivity contribution < 1.29 is 14.3 Å². The largest absolute Gasteiger partial charge is 0.379 e. The second-order valence-corrected chi connectivity index (χ2v) is 11.9. The Morgan fingerprint density at radius 1 is 1.17 bits per heavy atom. The third-order valence-corrected chi connectivity index (χ3v) is 7.65. The van der Waals surface area contributed by atoms with Crippen LogP contribution in [0.15, 0.2) is 46.9 Å². The van der Waals surface area contributed by atoms with Gasteiger partial charge in [0.1, 0.15) is 6.54 Å². The van der Waals surface area contributed by atoms with E-state index in [0.29, 0.717) is 44.2 Å². The van der Waals surface area contributed by atoms with Crippen LogP contribution in [-0.4, -0.2) is 78.3 Å². The van der Waals surface area contributed by atoms with Crippen LogP contribution in [0.4, 0.5) is 0 Å². The molecule has 1 saturated heterocycles. The van der Waals surface area contributed by atoms with Gasteiger partial charge in [0, 0.05) is 44.0 Å². The van der Waals surface area contributed by atoms with Gasteiger partial charge in [0.25, 0.3) is 5.91 Å². The molecule has 2 aliphatic heterocycles. The minimum absolute atomic E-state index is 0.0125. The molecule has 2 aromatic rings. The number of hydrogen-bond donors (Lipinski definition) is 0. The van der Waals surface area contributed by atoms with E-state index in [-0.39, 0.29) is 29.8 Å². The lowest BCUT2D eigenvalue weighted by molar-refractivity contribution is -0.142. The van der Waals surface area contributed by atoms with Gasteiger partial charge in [-0.15, -0.1) is 11.3 Å². The summed E-state index contributed by atoms with van der Waals surface area (Å²) in [5.41, 5.74) is 1.56. The fourth-order valence-corrected chi connectivity index (χ4v) is 5.48. The third kappa shape index (κ3) is 6.94. The molecular formula is C27H35ClN4O3S. The van der Waals surface area contributed by atoms with Crippen molar-refractivity contribution in [2.45, 2.75) is 39.7 Å². The molecule has 4 rings (SSSR count). The van der Waals surface area contributed by atoms with E-state index in [9.17, 15) is 9.59 Å². The normalized spacial score (nSPS) is 18.8. The molecule has 9 heteroatoms. The van der Waals surface area contributed by atoms with E-state index in [1.807, 2.05) is 62.5 Å². The Morgan fingerprint density at radius 2 is 1.92 bits per heavy atom.